The van der Waals surface area contributed by atoms with Gasteiger partial charge in [0.2, 0.25) is 0 Å². The van der Waals surface area contributed by atoms with Crippen molar-refractivity contribution in [2.45, 2.75) is 25.6 Å². The van der Waals surface area contributed by atoms with Gasteiger partial charge < -0.3 is 0 Å². The molecule has 0 fully saturated rings. The normalized spacial score (nSPS) is 12.5. The highest BCUT2D eigenvalue weighted by Gasteiger charge is 2.16. The van der Waals surface area contributed by atoms with Crippen LogP contribution in [0.5, 0.6) is 0 Å². The predicted octanol–water partition coefficient (Wildman–Crippen LogP) is 6.38. The first kappa shape index (κ1) is 15.8. The van der Waals surface area contributed by atoms with Crippen molar-refractivity contribution >= 4 is 39.1 Å². The number of benzene rings is 2. The molecule has 20 heavy (non-hydrogen) atoms. The molecule has 0 bridgehead atoms. The molecule has 0 saturated heterocycles. The molecule has 0 spiro atoms. The van der Waals surface area contributed by atoms with Crippen LogP contribution in [-0.2, 0) is 6.42 Å². The zero-order valence-corrected chi connectivity index (χ0v) is 14.3. The SMILES string of the molecule is Cc1ccc(CC(Cl)c2cc(Cl)c(Br)cc2F)cc1C. The Kier molecular flexibility index (Phi) is 5.11. The summed E-state index contributed by atoms with van der Waals surface area (Å²) in [6.07, 6.45) is 0.567. The summed E-state index contributed by atoms with van der Waals surface area (Å²) in [5, 5.41) is 0.0230. The highest BCUT2D eigenvalue weighted by molar-refractivity contribution is 9.10. The standard InChI is InChI=1S/C16H14BrCl2F/c1-9-3-4-11(5-10(9)2)6-14(18)12-7-15(19)13(17)8-16(12)20/h3-5,7-8,14H,6H2,1-2H3. The Morgan fingerprint density at radius 3 is 2.50 bits per heavy atom. The molecule has 0 aliphatic carbocycles. The molecule has 106 valence electrons. The number of hydrogen-bond donors (Lipinski definition) is 0. The topological polar surface area (TPSA) is 0 Å². The van der Waals surface area contributed by atoms with Gasteiger partial charge in [-0.05, 0) is 65.0 Å². The molecule has 4 heteroatoms. The van der Waals surface area contributed by atoms with Gasteiger partial charge in [0.1, 0.15) is 5.82 Å². The van der Waals surface area contributed by atoms with Crippen LogP contribution in [0, 0.1) is 19.7 Å². The van der Waals surface area contributed by atoms with Crippen molar-refractivity contribution < 1.29 is 4.39 Å². The fraction of sp³-hybridized carbons (Fsp3) is 0.250. The fourth-order valence-corrected chi connectivity index (χ4v) is 2.86. The Balaban J connectivity index is 2.25. The molecule has 0 amide bonds. The van der Waals surface area contributed by atoms with Crippen molar-refractivity contribution in [3.05, 3.63) is 67.9 Å². The minimum absolute atomic E-state index is 0.342. The quantitative estimate of drug-likeness (QED) is 0.431. The molecule has 0 aliphatic heterocycles. The summed E-state index contributed by atoms with van der Waals surface area (Å²) in [6.45, 7) is 4.12. The Hall–Kier alpha value is -0.570. The highest BCUT2D eigenvalue weighted by atomic mass is 79.9. The predicted molar refractivity (Wildman–Crippen MR) is 87.3 cm³/mol. The van der Waals surface area contributed by atoms with Gasteiger partial charge in [-0.25, -0.2) is 4.39 Å². The molecule has 0 saturated carbocycles. The van der Waals surface area contributed by atoms with Crippen LogP contribution in [0.3, 0.4) is 0 Å². The number of rotatable bonds is 3. The minimum atomic E-state index is -0.442. The summed E-state index contributed by atoms with van der Waals surface area (Å²) in [4.78, 5) is 0. The van der Waals surface area contributed by atoms with Crippen molar-refractivity contribution in [1.29, 1.82) is 0 Å². The van der Waals surface area contributed by atoms with Crippen LogP contribution in [0.4, 0.5) is 4.39 Å². The lowest BCUT2D eigenvalue weighted by molar-refractivity contribution is 0.605. The molecular formula is C16H14BrCl2F. The average Bonchev–Trinajstić information content (AvgIpc) is 2.38. The first-order chi connectivity index (χ1) is 9.38. The maximum atomic E-state index is 14.0. The monoisotopic (exact) mass is 374 g/mol. The second-order valence-electron chi connectivity index (χ2n) is 4.88. The molecule has 0 radical (unpaired) electrons. The largest absolute Gasteiger partial charge is 0.207 e. The summed E-state index contributed by atoms with van der Waals surface area (Å²) in [7, 11) is 0. The zero-order chi connectivity index (χ0) is 14.9. The molecule has 1 unspecified atom stereocenters. The van der Waals surface area contributed by atoms with Gasteiger partial charge >= 0.3 is 0 Å². The van der Waals surface area contributed by atoms with Crippen molar-refractivity contribution in [2.75, 3.05) is 0 Å². The van der Waals surface area contributed by atoms with Gasteiger partial charge in [0, 0.05) is 10.0 Å². The number of halogens is 4. The minimum Gasteiger partial charge on any atom is -0.207 e. The molecule has 0 aliphatic rings. The van der Waals surface area contributed by atoms with E-state index in [9.17, 15) is 4.39 Å². The van der Waals surface area contributed by atoms with Crippen LogP contribution in [0.1, 0.15) is 27.6 Å². The summed E-state index contributed by atoms with van der Waals surface area (Å²) >= 11 is 15.6. The highest BCUT2D eigenvalue weighted by Crippen LogP contribution is 2.33. The molecule has 0 aromatic heterocycles. The summed E-state index contributed by atoms with van der Waals surface area (Å²) in [5.74, 6) is -0.342. The molecule has 2 aromatic carbocycles. The van der Waals surface area contributed by atoms with E-state index in [0.29, 0.717) is 21.5 Å². The molecule has 0 N–H and O–H groups in total. The second kappa shape index (κ2) is 6.46. The van der Waals surface area contributed by atoms with Gasteiger partial charge in [-0.3, -0.25) is 0 Å². The molecule has 2 aromatic rings. The lowest BCUT2D eigenvalue weighted by atomic mass is 10.00. The first-order valence-electron chi connectivity index (χ1n) is 6.23. The zero-order valence-electron chi connectivity index (χ0n) is 11.2. The smallest absolute Gasteiger partial charge is 0.129 e. The van der Waals surface area contributed by atoms with Crippen LogP contribution < -0.4 is 0 Å². The van der Waals surface area contributed by atoms with Crippen molar-refractivity contribution in [3.63, 3.8) is 0 Å². The van der Waals surface area contributed by atoms with E-state index >= 15 is 0 Å². The van der Waals surface area contributed by atoms with E-state index in [1.807, 2.05) is 6.07 Å². The van der Waals surface area contributed by atoms with Gasteiger partial charge in [0.05, 0.1) is 10.4 Å². The third-order valence-corrected chi connectivity index (χ3v) is 4.95. The van der Waals surface area contributed by atoms with Gasteiger partial charge in [0.25, 0.3) is 0 Å². The fourth-order valence-electron chi connectivity index (χ4n) is 2.03. The van der Waals surface area contributed by atoms with E-state index in [-0.39, 0.29) is 5.82 Å². The number of hydrogen-bond acceptors (Lipinski definition) is 0. The van der Waals surface area contributed by atoms with Crippen LogP contribution >= 0.6 is 39.1 Å². The Morgan fingerprint density at radius 2 is 1.85 bits per heavy atom. The molecule has 0 heterocycles. The van der Waals surface area contributed by atoms with E-state index in [2.05, 4.69) is 41.9 Å². The van der Waals surface area contributed by atoms with Crippen molar-refractivity contribution in [1.82, 2.24) is 0 Å². The van der Waals surface area contributed by atoms with E-state index < -0.39 is 5.38 Å². The van der Waals surface area contributed by atoms with Gasteiger partial charge in [0.15, 0.2) is 0 Å². The lowest BCUT2D eigenvalue weighted by Gasteiger charge is -2.13. The maximum Gasteiger partial charge on any atom is 0.129 e. The van der Waals surface area contributed by atoms with Gasteiger partial charge in [-0.15, -0.1) is 11.6 Å². The van der Waals surface area contributed by atoms with Crippen molar-refractivity contribution in [2.24, 2.45) is 0 Å². The third kappa shape index (κ3) is 3.55. The lowest BCUT2D eigenvalue weighted by Crippen LogP contribution is -2.00. The summed E-state index contributed by atoms with van der Waals surface area (Å²) in [6, 6.07) is 9.10. The molecule has 2 rings (SSSR count). The molecule has 1 atom stereocenters. The molecule has 0 nitrogen and oxygen atoms in total. The van der Waals surface area contributed by atoms with E-state index in [4.69, 9.17) is 23.2 Å². The average molecular weight is 376 g/mol. The second-order valence-corrected chi connectivity index (χ2v) is 6.67. The van der Waals surface area contributed by atoms with Gasteiger partial charge in [-0.2, -0.15) is 0 Å². The summed E-state index contributed by atoms with van der Waals surface area (Å²) < 4.78 is 14.5. The van der Waals surface area contributed by atoms with Crippen LogP contribution in [0.2, 0.25) is 5.02 Å². The number of alkyl halides is 1. The Labute approximate surface area is 137 Å². The van der Waals surface area contributed by atoms with Crippen molar-refractivity contribution in [3.8, 4) is 0 Å². The van der Waals surface area contributed by atoms with E-state index in [1.54, 1.807) is 6.07 Å². The third-order valence-electron chi connectivity index (χ3n) is 3.36. The Morgan fingerprint density at radius 1 is 1.15 bits per heavy atom. The van der Waals surface area contributed by atoms with Crippen LogP contribution in [0.15, 0.2) is 34.8 Å². The number of aryl methyl sites for hydroxylation is 2. The van der Waals surface area contributed by atoms with Crippen LogP contribution in [-0.4, -0.2) is 0 Å². The Bertz CT molecular complexity index is 641. The van der Waals surface area contributed by atoms with E-state index in [0.717, 1.165) is 5.56 Å². The van der Waals surface area contributed by atoms with Crippen LogP contribution in [0.25, 0.3) is 0 Å². The maximum absolute atomic E-state index is 14.0. The first-order valence-corrected chi connectivity index (χ1v) is 7.84. The molecular weight excluding hydrogens is 362 g/mol. The van der Waals surface area contributed by atoms with E-state index in [1.165, 1.54) is 17.2 Å². The van der Waals surface area contributed by atoms with Gasteiger partial charge in [-0.1, -0.05) is 29.8 Å². The summed E-state index contributed by atoms with van der Waals surface area (Å²) in [5.41, 5.74) is 3.96.